The largest absolute Gasteiger partial charge is 0.395 e. The van der Waals surface area contributed by atoms with Crippen LogP contribution in [-0.4, -0.2) is 42.4 Å². The summed E-state index contributed by atoms with van der Waals surface area (Å²) >= 11 is 0. The highest BCUT2D eigenvalue weighted by Crippen LogP contribution is 2.29. The predicted octanol–water partition coefficient (Wildman–Crippen LogP) is 3.25. The molecular weight excluding hydrogens is 286 g/mol. The first-order valence-electron chi connectivity index (χ1n) is 8.45. The minimum atomic E-state index is -0.00760. The van der Waals surface area contributed by atoms with E-state index >= 15 is 0 Å². The van der Waals surface area contributed by atoms with Crippen LogP contribution in [-0.2, 0) is 4.74 Å². The Morgan fingerprint density at radius 3 is 1.91 bits per heavy atom. The SMILES string of the molecule is OCCN1CCC(OC(c2ccccc2)c2ccccc2)CC1. The van der Waals surface area contributed by atoms with Gasteiger partial charge in [0, 0.05) is 19.6 Å². The zero-order valence-electron chi connectivity index (χ0n) is 13.5. The van der Waals surface area contributed by atoms with E-state index in [1.807, 2.05) is 12.1 Å². The van der Waals surface area contributed by atoms with Crippen molar-refractivity contribution >= 4 is 0 Å². The van der Waals surface area contributed by atoms with Crippen molar-refractivity contribution in [3.63, 3.8) is 0 Å². The van der Waals surface area contributed by atoms with Crippen molar-refractivity contribution in [1.82, 2.24) is 4.90 Å². The number of hydrogen-bond acceptors (Lipinski definition) is 3. The molecule has 3 nitrogen and oxygen atoms in total. The van der Waals surface area contributed by atoms with Gasteiger partial charge in [-0.25, -0.2) is 0 Å². The zero-order chi connectivity index (χ0) is 15.9. The molecule has 23 heavy (non-hydrogen) atoms. The van der Waals surface area contributed by atoms with E-state index in [-0.39, 0.29) is 18.8 Å². The van der Waals surface area contributed by atoms with Crippen molar-refractivity contribution < 1.29 is 9.84 Å². The van der Waals surface area contributed by atoms with Crippen LogP contribution in [0.4, 0.5) is 0 Å². The van der Waals surface area contributed by atoms with Gasteiger partial charge >= 0.3 is 0 Å². The van der Waals surface area contributed by atoms with Crippen LogP contribution in [0, 0.1) is 0 Å². The van der Waals surface area contributed by atoms with Crippen molar-refractivity contribution in [1.29, 1.82) is 0 Å². The maximum Gasteiger partial charge on any atom is 0.108 e. The van der Waals surface area contributed by atoms with E-state index in [1.54, 1.807) is 0 Å². The highest BCUT2D eigenvalue weighted by atomic mass is 16.5. The van der Waals surface area contributed by atoms with Crippen LogP contribution in [0.15, 0.2) is 60.7 Å². The van der Waals surface area contributed by atoms with Gasteiger partial charge in [-0.15, -0.1) is 0 Å². The van der Waals surface area contributed by atoms with Crippen molar-refractivity contribution in [3.8, 4) is 0 Å². The van der Waals surface area contributed by atoms with Crippen molar-refractivity contribution in [2.24, 2.45) is 0 Å². The maximum atomic E-state index is 9.05. The lowest BCUT2D eigenvalue weighted by molar-refractivity contribution is -0.0285. The smallest absolute Gasteiger partial charge is 0.108 e. The molecule has 1 heterocycles. The number of aliphatic hydroxyl groups is 1. The molecule has 3 heteroatoms. The lowest BCUT2D eigenvalue weighted by Gasteiger charge is -2.33. The number of likely N-dealkylation sites (tertiary alicyclic amines) is 1. The van der Waals surface area contributed by atoms with Gasteiger partial charge in [-0.2, -0.15) is 0 Å². The van der Waals surface area contributed by atoms with E-state index in [9.17, 15) is 0 Å². The molecule has 3 rings (SSSR count). The predicted molar refractivity (Wildman–Crippen MR) is 92.4 cm³/mol. The van der Waals surface area contributed by atoms with E-state index in [2.05, 4.69) is 53.4 Å². The number of nitrogens with zero attached hydrogens (tertiary/aromatic N) is 1. The Balaban J connectivity index is 1.70. The van der Waals surface area contributed by atoms with Crippen LogP contribution in [0.25, 0.3) is 0 Å². The summed E-state index contributed by atoms with van der Waals surface area (Å²) in [5, 5.41) is 9.05. The molecule has 2 aromatic rings. The molecule has 1 saturated heterocycles. The summed E-state index contributed by atoms with van der Waals surface area (Å²) in [7, 11) is 0. The molecule has 0 spiro atoms. The van der Waals surface area contributed by atoms with Gasteiger partial charge in [-0.1, -0.05) is 60.7 Å². The maximum absolute atomic E-state index is 9.05. The molecule has 0 unspecified atom stereocenters. The number of hydrogen-bond donors (Lipinski definition) is 1. The highest BCUT2D eigenvalue weighted by Gasteiger charge is 2.24. The second-order valence-corrected chi connectivity index (χ2v) is 6.10. The van der Waals surface area contributed by atoms with E-state index < -0.39 is 0 Å². The minimum absolute atomic E-state index is 0.00760. The fraction of sp³-hybridized carbons (Fsp3) is 0.400. The van der Waals surface area contributed by atoms with Crippen LogP contribution < -0.4 is 0 Å². The summed E-state index contributed by atoms with van der Waals surface area (Å²) in [5.74, 6) is 0. The molecule has 1 N–H and O–H groups in total. The van der Waals surface area contributed by atoms with E-state index in [1.165, 1.54) is 11.1 Å². The highest BCUT2D eigenvalue weighted by molar-refractivity contribution is 5.30. The zero-order valence-corrected chi connectivity index (χ0v) is 13.5. The summed E-state index contributed by atoms with van der Waals surface area (Å²) in [6, 6.07) is 20.9. The van der Waals surface area contributed by atoms with Crippen LogP contribution >= 0.6 is 0 Å². The Hall–Kier alpha value is -1.68. The van der Waals surface area contributed by atoms with Gasteiger partial charge in [0.2, 0.25) is 0 Å². The average Bonchev–Trinajstić information content (AvgIpc) is 2.63. The third kappa shape index (κ3) is 4.41. The standard InChI is InChI=1S/C20H25NO2/c22-16-15-21-13-11-19(12-14-21)23-20(17-7-3-1-4-8-17)18-9-5-2-6-10-18/h1-10,19-20,22H,11-16H2. The summed E-state index contributed by atoms with van der Waals surface area (Å²) < 4.78 is 6.50. The summed E-state index contributed by atoms with van der Waals surface area (Å²) in [5.41, 5.74) is 2.41. The Morgan fingerprint density at radius 2 is 1.43 bits per heavy atom. The Labute approximate surface area is 138 Å². The third-order valence-electron chi connectivity index (χ3n) is 4.48. The van der Waals surface area contributed by atoms with E-state index in [4.69, 9.17) is 9.84 Å². The Morgan fingerprint density at radius 1 is 0.913 bits per heavy atom. The van der Waals surface area contributed by atoms with Gasteiger partial charge < -0.3 is 14.7 Å². The van der Waals surface area contributed by atoms with E-state index in [0.717, 1.165) is 32.5 Å². The van der Waals surface area contributed by atoms with Gasteiger partial charge in [0.25, 0.3) is 0 Å². The third-order valence-corrected chi connectivity index (χ3v) is 4.48. The molecule has 1 aliphatic heterocycles. The van der Waals surface area contributed by atoms with Gasteiger partial charge in [-0.3, -0.25) is 0 Å². The summed E-state index contributed by atoms with van der Waals surface area (Å²) in [4.78, 5) is 2.31. The van der Waals surface area contributed by atoms with Crippen LogP contribution in [0.2, 0.25) is 0 Å². The number of β-amino-alcohol motifs (C(OH)–C–C–N with tert-alkyl or cyclic N) is 1. The Kier molecular flexibility index (Phi) is 5.81. The monoisotopic (exact) mass is 311 g/mol. The van der Waals surface area contributed by atoms with Gasteiger partial charge in [0.1, 0.15) is 6.10 Å². The molecular formula is C20H25NO2. The van der Waals surface area contributed by atoms with Crippen LogP contribution in [0.1, 0.15) is 30.1 Å². The molecule has 1 aliphatic rings. The molecule has 0 amide bonds. The summed E-state index contributed by atoms with van der Waals surface area (Å²) in [6.45, 7) is 3.01. The van der Waals surface area contributed by atoms with Crippen molar-refractivity contribution in [2.75, 3.05) is 26.2 Å². The fourth-order valence-electron chi connectivity index (χ4n) is 3.21. The molecule has 0 saturated carbocycles. The average molecular weight is 311 g/mol. The fourth-order valence-corrected chi connectivity index (χ4v) is 3.21. The Bertz CT molecular complexity index is 525. The number of rotatable bonds is 6. The van der Waals surface area contributed by atoms with Gasteiger partial charge in [0.05, 0.1) is 12.7 Å². The number of aliphatic hydroxyl groups excluding tert-OH is 1. The van der Waals surface area contributed by atoms with E-state index in [0.29, 0.717) is 0 Å². The summed E-state index contributed by atoms with van der Waals surface area (Å²) in [6.07, 6.45) is 2.31. The first kappa shape index (κ1) is 16.2. The van der Waals surface area contributed by atoms with Crippen LogP contribution in [0.5, 0.6) is 0 Å². The van der Waals surface area contributed by atoms with Gasteiger partial charge in [-0.05, 0) is 24.0 Å². The van der Waals surface area contributed by atoms with Crippen molar-refractivity contribution in [3.05, 3.63) is 71.8 Å². The molecule has 122 valence electrons. The van der Waals surface area contributed by atoms with Crippen LogP contribution in [0.3, 0.4) is 0 Å². The number of ether oxygens (including phenoxy) is 1. The molecule has 2 aromatic carbocycles. The molecule has 0 atom stereocenters. The lowest BCUT2D eigenvalue weighted by atomic mass is 10.00. The van der Waals surface area contributed by atoms with Crippen molar-refractivity contribution in [2.45, 2.75) is 25.0 Å². The molecule has 0 aromatic heterocycles. The number of piperidine rings is 1. The topological polar surface area (TPSA) is 32.7 Å². The first-order valence-corrected chi connectivity index (χ1v) is 8.45. The first-order chi connectivity index (χ1) is 11.4. The van der Waals surface area contributed by atoms with Gasteiger partial charge in [0.15, 0.2) is 0 Å². The normalized spacial score (nSPS) is 16.8. The molecule has 0 radical (unpaired) electrons. The second kappa shape index (κ2) is 8.25. The second-order valence-electron chi connectivity index (χ2n) is 6.10. The lowest BCUT2D eigenvalue weighted by Crippen LogP contribution is -2.39. The number of benzene rings is 2. The molecule has 0 aliphatic carbocycles. The quantitative estimate of drug-likeness (QED) is 0.889. The molecule has 1 fully saturated rings. The minimum Gasteiger partial charge on any atom is -0.395 e. The molecule has 0 bridgehead atoms.